The summed E-state index contributed by atoms with van der Waals surface area (Å²) >= 11 is 4.60. The first-order valence-corrected chi connectivity index (χ1v) is 11.5. The number of nitrogens with zero attached hydrogens (tertiary/aromatic N) is 3. The summed E-state index contributed by atoms with van der Waals surface area (Å²) in [5.41, 5.74) is 0.840. The van der Waals surface area contributed by atoms with Gasteiger partial charge in [0.15, 0.2) is 4.34 Å². The molecule has 0 saturated carbocycles. The van der Waals surface area contributed by atoms with Gasteiger partial charge in [-0.25, -0.2) is 0 Å². The van der Waals surface area contributed by atoms with E-state index >= 15 is 0 Å². The number of amides is 3. The van der Waals surface area contributed by atoms with Gasteiger partial charge in [-0.15, -0.1) is 21.5 Å². The van der Waals surface area contributed by atoms with Crippen molar-refractivity contribution in [3.8, 4) is 0 Å². The van der Waals surface area contributed by atoms with E-state index in [9.17, 15) is 14.4 Å². The van der Waals surface area contributed by atoms with Gasteiger partial charge < -0.3 is 5.32 Å². The summed E-state index contributed by atoms with van der Waals surface area (Å²) in [6.45, 7) is 0.206. The third kappa shape index (κ3) is 4.55. The van der Waals surface area contributed by atoms with Crippen molar-refractivity contribution in [1.82, 2.24) is 15.1 Å². The van der Waals surface area contributed by atoms with Crippen LogP contribution in [0.3, 0.4) is 0 Å². The Labute approximate surface area is 179 Å². The second kappa shape index (κ2) is 8.85. The molecule has 2 aromatic heterocycles. The molecule has 0 fully saturated rings. The van der Waals surface area contributed by atoms with Crippen molar-refractivity contribution in [3.63, 3.8) is 0 Å². The van der Waals surface area contributed by atoms with Gasteiger partial charge >= 0.3 is 0 Å². The molecule has 148 valence electrons. The molecule has 3 amide bonds. The predicted octanol–water partition coefficient (Wildman–Crippen LogP) is 3.91. The molecule has 10 heteroatoms. The second-order valence-electron chi connectivity index (χ2n) is 6.20. The van der Waals surface area contributed by atoms with Gasteiger partial charge in [0.05, 0.1) is 11.1 Å². The summed E-state index contributed by atoms with van der Waals surface area (Å²) in [5, 5.41) is 13.3. The average Bonchev–Trinajstić information content (AvgIpc) is 3.44. The Balaban J connectivity index is 1.23. The maximum Gasteiger partial charge on any atom is 0.261 e. The molecule has 7 nitrogen and oxygen atoms in total. The van der Waals surface area contributed by atoms with Crippen LogP contribution in [0.1, 0.15) is 38.4 Å². The minimum atomic E-state index is -0.303. The van der Waals surface area contributed by atoms with E-state index in [1.165, 1.54) is 21.1 Å². The van der Waals surface area contributed by atoms with Gasteiger partial charge in [0.2, 0.25) is 11.0 Å². The van der Waals surface area contributed by atoms with Crippen molar-refractivity contribution < 1.29 is 14.4 Å². The summed E-state index contributed by atoms with van der Waals surface area (Å²) < 4.78 is 0.791. The molecule has 1 N–H and O–H groups in total. The van der Waals surface area contributed by atoms with Crippen molar-refractivity contribution in [2.24, 2.45) is 0 Å². The van der Waals surface area contributed by atoms with Crippen molar-refractivity contribution in [2.75, 3.05) is 11.9 Å². The number of nitrogens with one attached hydrogen (secondary N) is 1. The van der Waals surface area contributed by atoms with Crippen LogP contribution in [0.25, 0.3) is 0 Å². The van der Waals surface area contributed by atoms with Gasteiger partial charge in [0.1, 0.15) is 0 Å². The maximum absolute atomic E-state index is 12.3. The van der Waals surface area contributed by atoms with E-state index in [4.69, 9.17) is 0 Å². The monoisotopic (exact) mass is 444 g/mol. The van der Waals surface area contributed by atoms with Crippen molar-refractivity contribution >= 4 is 57.3 Å². The van der Waals surface area contributed by atoms with E-state index in [0.29, 0.717) is 22.7 Å². The van der Waals surface area contributed by atoms with Crippen LogP contribution in [-0.2, 0) is 10.5 Å². The van der Waals surface area contributed by atoms with Crippen LogP contribution in [0.15, 0.2) is 46.1 Å². The predicted molar refractivity (Wildman–Crippen MR) is 113 cm³/mol. The number of carbonyl (C=O) groups is 3. The van der Waals surface area contributed by atoms with Gasteiger partial charge in [0.25, 0.3) is 11.8 Å². The lowest BCUT2D eigenvalue weighted by Gasteiger charge is -2.13. The highest BCUT2D eigenvalue weighted by Crippen LogP contribution is 2.29. The number of fused-ring (bicyclic) bond motifs is 1. The van der Waals surface area contributed by atoms with E-state index in [1.54, 1.807) is 47.4 Å². The molecular weight excluding hydrogens is 428 g/mol. The van der Waals surface area contributed by atoms with E-state index < -0.39 is 0 Å². The molecule has 0 saturated heterocycles. The molecule has 4 rings (SSSR count). The summed E-state index contributed by atoms with van der Waals surface area (Å²) in [4.78, 5) is 39.2. The van der Waals surface area contributed by atoms with Gasteiger partial charge in [-0.05, 0) is 30.0 Å². The zero-order chi connectivity index (χ0) is 20.2. The Morgan fingerprint density at radius 1 is 1.07 bits per heavy atom. The molecule has 3 heterocycles. The standard InChI is InChI=1S/C19H16N4O3S3/c24-15(20-18-21-22-19(29-18)28-11-12-5-4-10-27-12)8-3-9-23-16(25)13-6-1-2-7-14(13)17(23)26/h1-2,4-7,10H,3,8-9,11H2,(H,20,21,24). The molecule has 1 aliphatic rings. The molecule has 0 radical (unpaired) electrons. The Morgan fingerprint density at radius 2 is 1.83 bits per heavy atom. The number of hydrogen-bond donors (Lipinski definition) is 1. The van der Waals surface area contributed by atoms with Crippen molar-refractivity contribution in [1.29, 1.82) is 0 Å². The average molecular weight is 445 g/mol. The summed E-state index contributed by atoms with van der Waals surface area (Å²) in [5.74, 6) is -0.00166. The zero-order valence-electron chi connectivity index (χ0n) is 15.2. The molecular formula is C19H16N4O3S3. The van der Waals surface area contributed by atoms with Crippen LogP contribution in [0, 0.1) is 0 Å². The zero-order valence-corrected chi connectivity index (χ0v) is 17.6. The van der Waals surface area contributed by atoms with Crippen LogP contribution < -0.4 is 5.32 Å². The first-order chi connectivity index (χ1) is 14.1. The number of imide groups is 1. The molecule has 0 aliphatic carbocycles. The first-order valence-electron chi connectivity index (χ1n) is 8.85. The number of thiophene rings is 1. The van der Waals surface area contributed by atoms with Crippen LogP contribution in [0.4, 0.5) is 5.13 Å². The summed E-state index contributed by atoms with van der Waals surface area (Å²) in [6, 6.07) is 10.8. The molecule has 0 atom stereocenters. The number of thioether (sulfide) groups is 1. The Hall–Kier alpha value is -2.56. The summed E-state index contributed by atoms with van der Waals surface area (Å²) in [6.07, 6.45) is 0.570. The summed E-state index contributed by atoms with van der Waals surface area (Å²) in [7, 11) is 0. The molecule has 3 aromatic rings. The quantitative estimate of drug-likeness (QED) is 0.322. The van der Waals surface area contributed by atoms with Gasteiger partial charge in [0, 0.05) is 23.6 Å². The van der Waals surface area contributed by atoms with E-state index in [-0.39, 0.29) is 30.7 Å². The van der Waals surface area contributed by atoms with Gasteiger partial charge in [-0.3, -0.25) is 19.3 Å². The molecule has 0 spiro atoms. The highest BCUT2D eigenvalue weighted by atomic mass is 32.2. The molecule has 29 heavy (non-hydrogen) atoms. The lowest BCUT2D eigenvalue weighted by molar-refractivity contribution is -0.116. The smallest absolute Gasteiger partial charge is 0.261 e. The highest BCUT2D eigenvalue weighted by Gasteiger charge is 2.34. The molecule has 1 aromatic carbocycles. The fourth-order valence-corrected chi connectivity index (χ4v) is 5.41. The third-order valence-corrected chi connectivity index (χ3v) is 7.31. The van der Waals surface area contributed by atoms with Crippen molar-refractivity contribution in [3.05, 3.63) is 57.8 Å². The first kappa shape index (κ1) is 19.7. The number of carbonyl (C=O) groups excluding carboxylic acids is 3. The fourth-order valence-electron chi connectivity index (χ4n) is 2.87. The Morgan fingerprint density at radius 3 is 2.52 bits per heavy atom. The fraction of sp³-hybridized carbons (Fsp3) is 0.211. The minimum Gasteiger partial charge on any atom is -0.301 e. The number of aromatic nitrogens is 2. The van der Waals surface area contributed by atoms with E-state index in [2.05, 4.69) is 21.6 Å². The van der Waals surface area contributed by atoms with Crippen LogP contribution in [0.5, 0.6) is 0 Å². The topological polar surface area (TPSA) is 92.3 Å². The van der Waals surface area contributed by atoms with Gasteiger partial charge in [-0.2, -0.15) is 0 Å². The van der Waals surface area contributed by atoms with Crippen LogP contribution >= 0.6 is 34.4 Å². The third-order valence-electron chi connectivity index (χ3n) is 4.23. The number of anilines is 1. The lowest BCUT2D eigenvalue weighted by atomic mass is 10.1. The second-order valence-corrected chi connectivity index (χ2v) is 9.43. The number of hydrogen-bond acceptors (Lipinski definition) is 8. The maximum atomic E-state index is 12.3. The lowest BCUT2D eigenvalue weighted by Crippen LogP contribution is -2.31. The highest BCUT2D eigenvalue weighted by molar-refractivity contribution is 8.00. The van der Waals surface area contributed by atoms with E-state index in [1.807, 2.05) is 11.4 Å². The van der Waals surface area contributed by atoms with Crippen LogP contribution in [0.2, 0.25) is 0 Å². The largest absolute Gasteiger partial charge is 0.301 e. The molecule has 1 aliphatic heterocycles. The van der Waals surface area contributed by atoms with Crippen molar-refractivity contribution in [2.45, 2.75) is 22.9 Å². The minimum absolute atomic E-state index is 0.185. The SMILES string of the molecule is O=C(CCCN1C(=O)c2ccccc2C1=O)Nc1nnc(SCc2cccs2)s1. The molecule has 0 bridgehead atoms. The Bertz CT molecular complexity index is 1010. The Kier molecular flexibility index (Phi) is 6.02. The van der Waals surface area contributed by atoms with Crippen LogP contribution in [-0.4, -0.2) is 39.4 Å². The normalized spacial score (nSPS) is 13.0. The van der Waals surface area contributed by atoms with E-state index in [0.717, 1.165) is 10.1 Å². The number of rotatable bonds is 8. The number of benzene rings is 1. The van der Waals surface area contributed by atoms with Gasteiger partial charge in [-0.1, -0.05) is 41.3 Å². The molecule has 0 unspecified atom stereocenters.